The summed E-state index contributed by atoms with van der Waals surface area (Å²) in [6.07, 6.45) is -0.304. The number of benzene rings is 1. The Bertz CT molecular complexity index is 540. The van der Waals surface area contributed by atoms with Gasteiger partial charge in [0.2, 0.25) is 0 Å². The maximum atomic E-state index is 12.9. The van der Waals surface area contributed by atoms with Crippen LogP contribution in [0, 0.1) is 6.92 Å². The first kappa shape index (κ1) is 13.7. The van der Waals surface area contributed by atoms with E-state index >= 15 is 0 Å². The Hall–Kier alpha value is -1.26. The molecule has 2 nitrogen and oxygen atoms in total. The van der Waals surface area contributed by atoms with Crippen LogP contribution in [0.4, 0.5) is 8.78 Å². The van der Waals surface area contributed by atoms with Gasteiger partial charge in [0.05, 0.1) is 6.04 Å². The number of piperazine rings is 1. The summed E-state index contributed by atoms with van der Waals surface area (Å²) in [6, 6.07) is 3.36. The summed E-state index contributed by atoms with van der Waals surface area (Å²) >= 11 is 0. The molecule has 1 aromatic rings. The number of halogens is 2. The van der Waals surface area contributed by atoms with Gasteiger partial charge in [0.1, 0.15) is 0 Å². The molecule has 0 aromatic heterocycles. The number of rotatable bonds is 2. The Balaban J connectivity index is 1.89. The van der Waals surface area contributed by atoms with Crippen molar-refractivity contribution in [3.05, 3.63) is 41.0 Å². The molecular weight excluding hydrogens is 258 g/mol. The van der Waals surface area contributed by atoms with Crippen molar-refractivity contribution in [1.82, 2.24) is 10.6 Å². The lowest BCUT2D eigenvalue weighted by molar-refractivity contribution is 0.0808. The summed E-state index contributed by atoms with van der Waals surface area (Å²) in [7, 11) is 0. The molecule has 0 amide bonds. The summed E-state index contributed by atoms with van der Waals surface area (Å²) in [5.74, 6) is 0. The van der Waals surface area contributed by atoms with Crippen LogP contribution in [0.1, 0.15) is 34.7 Å². The Morgan fingerprint density at radius 3 is 2.80 bits per heavy atom. The quantitative estimate of drug-likeness (QED) is 0.869. The van der Waals surface area contributed by atoms with E-state index in [0.717, 1.165) is 18.4 Å². The zero-order valence-electron chi connectivity index (χ0n) is 11.7. The van der Waals surface area contributed by atoms with Crippen LogP contribution in [-0.4, -0.2) is 25.6 Å². The van der Waals surface area contributed by atoms with E-state index in [-0.39, 0.29) is 6.04 Å². The maximum Gasteiger partial charge on any atom is 0.254 e. The fourth-order valence-electron chi connectivity index (χ4n) is 3.34. The number of nitrogens with one attached hydrogen (secondary N) is 2. The molecule has 108 valence electrons. The van der Waals surface area contributed by atoms with E-state index in [0.29, 0.717) is 13.1 Å². The van der Waals surface area contributed by atoms with E-state index in [2.05, 4.69) is 36.3 Å². The minimum atomic E-state index is -2.33. The SMILES string of the molecule is C=C1CCc2c1ccc(C1CNCC(C(F)F)N1)c2C. The monoisotopic (exact) mass is 278 g/mol. The van der Waals surface area contributed by atoms with Gasteiger partial charge < -0.3 is 5.32 Å². The van der Waals surface area contributed by atoms with Crippen molar-refractivity contribution in [3.8, 4) is 0 Å². The van der Waals surface area contributed by atoms with Crippen molar-refractivity contribution in [2.45, 2.75) is 38.3 Å². The molecule has 1 aromatic carbocycles. The number of hydrogen-bond acceptors (Lipinski definition) is 2. The second-order valence-electron chi connectivity index (χ2n) is 5.73. The Labute approximate surface area is 118 Å². The maximum absolute atomic E-state index is 12.9. The van der Waals surface area contributed by atoms with Crippen LogP contribution in [0.25, 0.3) is 5.57 Å². The van der Waals surface area contributed by atoms with Gasteiger partial charge in [0, 0.05) is 19.1 Å². The van der Waals surface area contributed by atoms with Crippen molar-refractivity contribution in [2.75, 3.05) is 13.1 Å². The van der Waals surface area contributed by atoms with E-state index in [1.165, 1.54) is 22.3 Å². The molecule has 0 spiro atoms. The first-order valence-electron chi connectivity index (χ1n) is 7.13. The van der Waals surface area contributed by atoms with Crippen molar-refractivity contribution < 1.29 is 8.78 Å². The van der Waals surface area contributed by atoms with Gasteiger partial charge in [-0.3, -0.25) is 5.32 Å². The normalized spacial score (nSPS) is 26.1. The standard InChI is InChI=1S/C16H20F2N2/c1-9-3-4-12-10(2)13(6-5-11(9)12)14-7-19-8-15(20-14)16(17)18/h5-6,14-16,19-20H,1,3-4,7-8H2,2H3. The fraction of sp³-hybridized carbons (Fsp3) is 0.500. The van der Waals surface area contributed by atoms with Crippen LogP contribution in [0.5, 0.6) is 0 Å². The minimum absolute atomic E-state index is 0.0399. The number of alkyl halides is 2. The molecule has 3 rings (SSSR count). The third-order valence-corrected chi connectivity index (χ3v) is 4.51. The summed E-state index contributed by atoms with van der Waals surface area (Å²) in [5.41, 5.74) is 6.15. The van der Waals surface area contributed by atoms with Gasteiger partial charge in [0.25, 0.3) is 6.43 Å². The van der Waals surface area contributed by atoms with Crippen LogP contribution in [0.15, 0.2) is 18.7 Å². The zero-order valence-corrected chi connectivity index (χ0v) is 11.7. The molecular formula is C16H20F2N2. The number of fused-ring (bicyclic) bond motifs is 1. The Morgan fingerprint density at radius 1 is 1.25 bits per heavy atom. The number of allylic oxidation sites excluding steroid dienone is 1. The fourth-order valence-corrected chi connectivity index (χ4v) is 3.34. The molecule has 0 radical (unpaired) electrons. The Kier molecular flexibility index (Phi) is 3.61. The smallest absolute Gasteiger partial charge is 0.254 e. The Morgan fingerprint density at radius 2 is 2.05 bits per heavy atom. The average molecular weight is 278 g/mol. The summed E-state index contributed by atoms with van der Waals surface area (Å²) in [4.78, 5) is 0. The molecule has 0 saturated carbocycles. The first-order chi connectivity index (χ1) is 9.58. The van der Waals surface area contributed by atoms with E-state index in [1.807, 2.05) is 0 Å². The van der Waals surface area contributed by atoms with Gasteiger partial charge in [-0.25, -0.2) is 8.78 Å². The molecule has 2 atom stereocenters. The summed E-state index contributed by atoms with van der Waals surface area (Å²) < 4.78 is 25.7. The third-order valence-electron chi connectivity index (χ3n) is 4.51. The molecule has 1 saturated heterocycles. The van der Waals surface area contributed by atoms with Crippen LogP contribution in [0.2, 0.25) is 0 Å². The predicted octanol–water partition coefficient (Wildman–Crippen LogP) is 2.82. The van der Waals surface area contributed by atoms with E-state index in [9.17, 15) is 8.78 Å². The molecule has 1 aliphatic heterocycles. The zero-order chi connectivity index (χ0) is 14.3. The minimum Gasteiger partial charge on any atom is -0.313 e. The lowest BCUT2D eigenvalue weighted by atomic mass is 9.92. The molecule has 2 unspecified atom stereocenters. The topological polar surface area (TPSA) is 24.1 Å². The molecule has 20 heavy (non-hydrogen) atoms. The van der Waals surface area contributed by atoms with Gasteiger partial charge in [-0.1, -0.05) is 18.7 Å². The van der Waals surface area contributed by atoms with Crippen LogP contribution in [-0.2, 0) is 6.42 Å². The van der Waals surface area contributed by atoms with Crippen LogP contribution >= 0.6 is 0 Å². The molecule has 4 heteroatoms. The second-order valence-corrected chi connectivity index (χ2v) is 5.73. The molecule has 2 aliphatic rings. The summed E-state index contributed by atoms with van der Waals surface area (Å²) in [6.45, 7) is 7.21. The molecule has 1 aliphatic carbocycles. The van der Waals surface area contributed by atoms with Gasteiger partial charge in [-0.05, 0) is 47.6 Å². The lowest BCUT2D eigenvalue weighted by Crippen LogP contribution is -2.53. The van der Waals surface area contributed by atoms with Gasteiger partial charge in [0.15, 0.2) is 0 Å². The highest BCUT2D eigenvalue weighted by molar-refractivity contribution is 5.72. The second kappa shape index (κ2) is 5.26. The highest BCUT2D eigenvalue weighted by atomic mass is 19.3. The largest absolute Gasteiger partial charge is 0.313 e. The van der Waals surface area contributed by atoms with Crippen molar-refractivity contribution in [1.29, 1.82) is 0 Å². The van der Waals surface area contributed by atoms with E-state index < -0.39 is 12.5 Å². The van der Waals surface area contributed by atoms with Gasteiger partial charge in [-0.15, -0.1) is 0 Å². The predicted molar refractivity (Wildman–Crippen MR) is 77.1 cm³/mol. The first-order valence-corrected chi connectivity index (χ1v) is 7.13. The molecule has 1 heterocycles. The van der Waals surface area contributed by atoms with Gasteiger partial charge >= 0.3 is 0 Å². The molecule has 1 fully saturated rings. The van der Waals surface area contributed by atoms with Crippen molar-refractivity contribution in [2.24, 2.45) is 0 Å². The van der Waals surface area contributed by atoms with E-state index in [1.54, 1.807) is 0 Å². The van der Waals surface area contributed by atoms with Crippen molar-refractivity contribution in [3.63, 3.8) is 0 Å². The third kappa shape index (κ3) is 2.27. The van der Waals surface area contributed by atoms with Crippen molar-refractivity contribution >= 4 is 5.57 Å². The molecule has 0 bridgehead atoms. The van der Waals surface area contributed by atoms with Crippen LogP contribution < -0.4 is 10.6 Å². The molecule has 2 N–H and O–H groups in total. The lowest BCUT2D eigenvalue weighted by Gasteiger charge is -2.33. The van der Waals surface area contributed by atoms with Gasteiger partial charge in [-0.2, -0.15) is 0 Å². The summed E-state index contributed by atoms with van der Waals surface area (Å²) in [5, 5.41) is 6.19. The highest BCUT2D eigenvalue weighted by Crippen LogP contribution is 2.36. The van der Waals surface area contributed by atoms with Crippen LogP contribution in [0.3, 0.4) is 0 Å². The number of hydrogen-bond donors (Lipinski definition) is 2. The highest BCUT2D eigenvalue weighted by Gasteiger charge is 2.30. The van der Waals surface area contributed by atoms with E-state index in [4.69, 9.17) is 0 Å². The average Bonchev–Trinajstić information content (AvgIpc) is 2.82.